The quantitative estimate of drug-likeness (QED) is 0.879. The van der Waals surface area contributed by atoms with Crippen LogP contribution in [0.5, 0.6) is 5.75 Å². The molecule has 4 heteroatoms. The second-order valence-electron chi connectivity index (χ2n) is 4.86. The number of Topliss-reactive ketones (excluding diaryl/α,β-unsaturated/α-hetero) is 1. The topological polar surface area (TPSA) is 55.4 Å². The molecule has 1 aliphatic heterocycles. The van der Waals surface area contributed by atoms with Crippen molar-refractivity contribution in [2.24, 2.45) is 5.92 Å². The molecule has 18 heavy (non-hydrogen) atoms. The van der Waals surface area contributed by atoms with Crippen LogP contribution in [0.15, 0.2) is 24.3 Å². The number of ketones is 1. The summed E-state index contributed by atoms with van der Waals surface area (Å²) in [4.78, 5) is 24.3. The zero-order valence-electron chi connectivity index (χ0n) is 10.2. The van der Waals surface area contributed by atoms with Crippen molar-refractivity contribution < 1.29 is 14.3 Å². The molecular formula is C14H15NO3. The van der Waals surface area contributed by atoms with Gasteiger partial charge in [-0.3, -0.25) is 9.59 Å². The Hall–Kier alpha value is -1.84. The van der Waals surface area contributed by atoms with E-state index in [0.29, 0.717) is 24.3 Å². The molecule has 1 aromatic rings. The molecule has 1 N–H and O–H groups in total. The molecule has 0 aromatic heterocycles. The number of amides is 1. The molecule has 0 spiro atoms. The summed E-state index contributed by atoms with van der Waals surface area (Å²) >= 11 is 0. The van der Waals surface area contributed by atoms with E-state index < -0.39 is 5.60 Å². The lowest BCUT2D eigenvalue weighted by atomic mass is 10.0. The number of carbonyl (C=O) groups excluding carboxylic acids is 2. The minimum Gasteiger partial charge on any atom is -0.476 e. The molecule has 1 saturated carbocycles. The maximum atomic E-state index is 12.2. The van der Waals surface area contributed by atoms with E-state index in [1.165, 1.54) is 0 Å². The van der Waals surface area contributed by atoms with Gasteiger partial charge >= 0.3 is 0 Å². The second-order valence-corrected chi connectivity index (χ2v) is 4.86. The van der Waals surface area contributed by atoms with Gasteiger partial charge in [0.25, 0.3) is 5.91 Å². The van der Waals surface area contributed by atoms with E-state index in [1.807, 2.05) is 19.1 Å². The molecule has 2 atom stereocenters. The number of rotatable bonds is 3. The molecule has 1 heterocycles. The Morgan fingerprint density at radius 3 is 3.06 bits per heavy atom. The Kier molecular flexibility index (Phi) is 2.40. The Balaban J connectivity index is 1.88. The van der Waals surface area contributed by atoms with E-state index in [0.717, 1.165) is 6.42 Å². The fourth-order valence-corrected chi connectivity index (χ4v) is 2.49. The predicted molar refractivity (Wildman–Crippen MR) is 65.5 cm³/mol. The van der Waals surface area contributed by atoms with Crippen molar-refractivity contribution in [3.8, 4) is 5.75 Å². The summed E-state index contributed by atoms with van der Waals surface area (Å²) in [5, 5.41) is 2.82. The summed E-state index contributed by atoms with van der Waals surface area (Å²) in [6.45, 7) is 2.61. The maximum absolute atomic E-state index is 12.2. The maximum Gasteiger partial charge on any atom is 0.265 e. The average Bonchev–Trinajstić information content (AvgIpc) is 3.12. The summed E-state index contributed by atoms with van der Waals surface area (Å²) in [6, 6.07) is 7.12. The fraction of sp³-hybridized carbons (Fsp3) is 0.429. The van der Waals surface area contributed by atoms with Gasteiger partial charge in [0.15, 0.2) is 11.4 Å². The summed E-state index contributed by atoms with van der Waals surface area (Å²) in [5.74, 6) is 0.104. The number of nitrogens with one attached hydrogen (secondary N) is 1. The van der Waals surface area contributed by atoms with Crippen LogP contribution in [-0.2, 0) is 4.79 Å². The second kappa shape index (κ2) is 3.83. The highest BCUT2D eigenvalue weighted by atomic mass is 16.5. The van der Waals surface area contributed by atoms with Gasteiger partial charge in [0, 0.05) is 13.0 Å². The van der Waals surface area contributed by atoms with Gasteiger partial charge in [0.05, 0.1) is 11.5 Å². The third-order valence-corrected chi connectivity index (χ3v) is 3.59. The normalized spacial score (nSPS) is 27.8. The largest absolute Gasteiger partial charge is 0.476 e. The highest BCUT2D eigenvalue weighted by Gasteiger charge is 2.68. The molecule has 0 bridgehead atoms. The van der Waals surface area contributed by atoms with Crippen molar-refractivity contribution in [1.29, 1.82) is 0 Å². The van der Waals surface area contributed by atoms with Gasteiger partial charge in [-0.1, -0.05) is 19.1 Å². The lowest BCUT2D eigenvalue weighted by molar-refractivity contribution is -0.130. The Bertz CT molecular complexity index is 526. The number of hydrogen-bond donors (Lipinski definition) is 1. The number of carbonyl (C=O) groups is 2. The lowest BCUT2D eigenvalue weighted by Gasteiger charge is -2.24. The van der Waals surface area contributed by atoms with Gasteiger partial charge in [-0.25, -0.2) is 0 Å². The van der Waals surface area contributed by atoms with Crippen LogP contribution < -0.4 is 10.1 Å². The van der Waals surface area contributed by atoms with E-state index in [-0.39, 0.29) is 17.6 Å². The van der Waals surface area contributed by atoms with Crippen molar-refractivity contribution >= 4 is 11.7 Å². The monoisotopic (exact) mass is 245 g/mol. The Morgan fingerprint density at radius 1 is 1.50 bits per heavy atom. The van der Waals surface area contributed by atoms with E-state index in [2.05, 4.69) is 5.32 Å². The molecule has 2 unspecified atom stereocenters. The van der Waals surface area contributed by atoms with Crippen molar-refractivity contribution in [1.82, 2.24) is 5.32 Å². The standard InChI is InChI=1S/C14H15NO3/c1-2-7-15-13(17)14-8-10(14)12(16)9-5-3-4-6-11(9)18-14/h3-6,10H,2,7-8H2,1H3,(H,15,17). The van der Waals surface area contributed by atoms with Crippen LogP contribution in [0.2, 0.25) is 0 Å². The van der Waals surface area contributed by atoms with Gasteiger partial charge in [-0.15, -0.1) is 0 Å². The summed E-state index contributed by atoms with van der Waals surface area (Å²) in [6.07, 6.45) is 1.37. The molecule has 0 saturated heterocycles. The molecule has 3 rings (SSSR count). The average molecular weight is 245 g/mol. The smallest absolute Gasteiger partial charge is 0.265 e. The first kappa shape index (κ1) is 11.3. The van der Waals surface area contributed by atoms with E-state index in [9.17, 15) is 9.59 Å². The van der Waals surface area contributed by atoms with E-state index in [1.54, 1.807) is 12.1 Å². The molecule has 2 aliphatic rings. The van der Waals surface area contributed by atoms with Gasteiger partial charge in [0.2, 0.25) is 0 Å². The summed E-state index contributed by atoms with van der Waals surface area (Å²) in [7, 11) is 0. The van der Waals surface area contributed by atoms with E-state index >= 15 is 0 Å². The first-order chi connectivity index (χ1) is 8.69. The van der Waals surface area contributed by atoms with E-state index in [4.69, 9.17) is 4.74 Å². The van der Waals surface area contributed by atoms with Gasteiger partial charge in [-0.2, -0.15) is 0 Å². The minimum absolute atomic E-state index is 0.0310. The van der Waals surface area contributed by atoms with Crippen LogP contribution >= 0.6 is 0 Å². The van der Waals surface area contributed by atoms with Crippen LogP contribution in [0.1, 0.15) is 30.1 Å². The number of benzene rings is 1. The SMILES string of the molecule is CCCNC(=O)C12CC1C(=O)c1ccccc1O2. The van der Waals surface area contributed by atoms with Gasteiger partial charge in [0.1, 0.15) is 5.75 Å². The van der Waals surface area contributed by atoms with Crippen molar-refractivity contribution in [2.75, 3.05) is 6.54 Å². The zero-order valence-corrected chi connectivity index (χ0v) is 10.2. The molecule has 1 amide bonds. The van der Waals surface area contributed by atoms with Gasteiger partial charge < -0.3 is 10.1 Å². The number of para-hydroxylation sites is 1. The Labute approximate surface area is 105 Å². The first-order valence-corrected chi connectivity index (χ1v) is 6.29. The van der Waals surface area contributed by atoms with Gasteiger partial charge in [-0.05, 0) is 18.6 Å². The van der Waals surface area contributed by atoms with Crippen LogP contribution in [0.25, 0.3) is 0 Å². The molecule has 1 aliphatic carbocycles. The third-order valence-electron chi connectivity index (χ3n) is 3.59. The molecule has 0 radical (unpaired) electrons. The predicted octanol–water partition coefficient (Wildman–Crippen LogP) is 1.55. The van der Waals surface area contributed by atoms with Crippen molar-refractivity contribution in [3.05, 3.63) is 29.8 Å². The van der Waals surface area contributed by atoms with Crippen molar-refractivity contribution in [3.63, 3.8) is 0 Å². The molecule has 1 fully saturated rings. The van der Waals surface area contributed by atoms with Crippen LogP contribution in [-0.4, -0.2) is 23.8 Å². The number of hydrogen-bond acceptors (Lipinski definition) is 3. The molecule has 94 valence electrons. The fourth-order valence-electron chi connectivity index (χ4n) is 2.49. The van der Waals surface area contributed by atoms with Crippen LogP contribution in [0, 0.1) is 5.92 Å². The van der Waals surface area contributed by atoms with Crippen molar-refractivity contribution in [2.45, 2.75) is 25.4 Å². The molecule has 4 nitrogen and oxygen atoms in total. The number of ether oxygens (including phenoxy) is 1. The number of fused-ring (bicyclic) bond motifs is 2. The molecular weight excluding hydrogens is 230 g/mol. The lowest BCUT2D eigenvalue weighted by Crippen LogP contribution is -2.45. The third kappa shape index (κ3) is 1.45. The zero-order chi connectivity index (χ0) is 12.8. The first-order valence-electron chi connectivity index (χ1n) is 6.29. The summed E-state index contributed by atoms with van der Waals surface area (Å²) < 4.78 is 5.79. The van der Waals surface area contributed by atoms with Crippen LogP contribution in [0.4, 0.5) is 0 Å². The van der Waals surface area contributed by atoms with Crippen LogP contribution in [0.3, 0.4) is 0 Å². The highest BCUT2D eigenvalue weighted by molar-refractivity contribution is 6.10. The highest BCUT2D eigenvalue weighted by Crippen LogP contribution is 2.53. The summed E-state index contributed by atoms with van der Waals surface area (Å²) in [5.41, 5.74) is -0.334. The molecule has 1 aromatic carbocycles. The minimum atomic E-state index is -0.930. The Morgan fingerprint density at radius 2 is 2.28 bits per heavy atom.